The van der Waals surface area contributed by atoms with Gasteiger partial charge in [-0.05, 0) is 171 Å². The maximum Gasteiger partial charge on any atom is 0.251 e. The van der Waals surface area contributed by atoms with Gasteiger partial charge in [0, 0.05) is 57.6 Å². The van der Waals surface area contributed by atoms with Crippen molar-refractivity contribution in [3.8, 4) is 0 Å². The van der Waals surface area contributed by atoms with E-state index in [4.69, 9.17) is 19.9 Å². The van der Waals surface area contributed by atoms with Crippen LogP contribution in [0, 0.1) is 0 Å². The maximum atomic E-state index is 13.7. The molecule has 18 heteroatoms. The molecule has 10 N–H and O–H groups in total. The first kappa shape index (κ1) is 46.2. The molecule has 2 unspecified atom stereocenters. The number of fused-ring (bicyclic) bond motifs is 2. The van der Waals surface area contributed by atoms with Gasteiger partial charge in [0.15, 0.2) is 0 Å². The number of piperidine rings is 2. The predicted molar refractivity (Wildman–Crippen MR) is 272 cm³/mol. The van der Waals surface area contributed by atoms with Gasteiger partial charge in [-0.15, -0.1) is 22.7 Å². The molecular formula is C50H62N12O4S2. The molecule has 2 amide bonds. The van der Waals surface area contributed by atoms with Crippen LogP contribution in [0.2, 0.25) is 0 Å². The Kier molecular flexibility index (Phi) is 13.5. The summed E-state index contributed by atoms with van der Waals surface area (Å²) in [6.45, 7) is 6.36. The zero-order chi connectivity index (χ0) is 46.8. The number of aliphatic hydroxyl groups is 2. The van der Waals surface area contributed by atoms with Gasteiger partial charge >= 0.3 is 0 Å². The summed E-state index contributed by atoms with van der Waals surface area (Å²) >= 11 is 3.27. The predicted octanol–water partition coefficient (Wildman–Crippen LogP) is 8.10. The molecule has 6 aromatic rings. The van der Waals surface area contributed by atoms with Gasteiger partial charge in [-0.2, -0.15) is 9.97 Å². The SMILES string of the molecule is C[C@]1(O)CC[C@H](Nc2nc(Nc3ccc(C(=O)NC4CCNC(c5cc6nc(Nc7cccc(C(=O)NC8CCNCC8)c7)nc(N[C@H]7CC[C@](C)(O)CC7)c6s5)C4)cc3)nc3ccsc23)CC1. The standard InChI is InChI=1S/C50H62N12O4S2/c1-49(65)18-10-32(11-19-49)53-43-41-37(17-25-67-41)59-47(61-43)57-31-8-6-29(7-9-31)45(63)56-36-16-24-52-38(27-36)40-28-39-42(68-40)44(54-33-12-20-50(2,66)21-13-33)62-48(60-39)58-35-5-3-4-30(26-35)46(64)55-34-14-22-51-23-15-34/h3-9,17,25-26,28,32-34,36,38,51-52,65-66H,10-16,18-24,27H2,1-2H3,(H,55,64)(H,56,63)(H2,53,57,59,61)(H2,54,58,60,62)/t32-,33-,36?,38?,49-,50-. The normalized spacial score (nSPS) is 25.7. The lowest BCUT2D eigenvalue weighted by Gasteiger charge is -2.33. The topological polar surface area (TPSA) is 222 Å². The Hall–Kier alpha value is -5.50. The second-order valence-electron chi connectivity index (χ2n) is 19.7. The smallest absolute Gasteiger partial charge is 0.251 e. The van der Waals surface area contributed by atoms with Crippen LogP contribution in [-0.4, -0.2) is 97.0 Å². The fourth-order valence-corrected chi connectivity index (χ4v) is 11.8. The van der Waals surface area contributed by atoms with Crippen LogP contribution in [0.5, 0.6) is 0 Å². The highest BCUT2D eigenvalue weighted by Crippen LogP contribution is 2.39. The van der Waals surface area contributed by atoms with Gasteiger partial charge in [0.05, 0.1) is 31.6 Å². The lowest BCUT2D eigenvalue weighted by Crippen LogP contribution is -2.44. The van der Waals surface area contributed by atoms with Crippen LogP contribution in [0.15, 0.2) is 66.0 Å². The van der Waals surface area contributed by atoms with Crippen LogP contribution in [0.4, 0.5) is 34.9 Å². The summed E-state index contributed by atoms with van der Waals surface area (Å²) < 4.78 is 1.96. The molecule has 10 rings (SSSR count). The molecule has 2 aromatic carbocycles. The van der Waals surface area contributed by atoms with Crippen LogP contribution < -0.4 is 42.5 Å². The number of aromatic nitrogens is 4. The zero-order valence-electron chi connectivity index (χ0n) is 38.7. The number of nitrogens with one attached hydrogen (secondary N) is 8. The van der Waals surface area contributed by atoms with Crippen LogP contribution in [0.1, 0.15) is 123 Å². The minimum Gasteiger partial charge on any atom is -0.390 e. The maximum absolute atomic E-state index is 13.7. The van der Waals surface area contributed by atoms with Gasteiger partial charge in [-0.1, -0.05) is 6.07 Å². The second-order valence-corrected chi connectivity index (χ2v) is 21.7. The summed E-state index contributed by atoms with van der Waals surface area (Å²) in [6.07, 6.45) is 9.64. The van der Waals surface area contributed by atoms with Gasteiger partial charge in [0.25, 0.3) is 11.8 Å². The summed E-state index contributed by atoms with van der Waals surface area (Å²) in [5.74, 6) is 2.22. The zero-order valence-corrected chi connectivity index (χ0v) is 40.3. The Morgan fingerprint density at radius 3 is 1.93 bits per heavy atom. The Bertz CT molecular complexity index is 2730. The molecule has 16 nitrogen and oxygen atoms in total. The average Bonchev–Trinajstić information content (AvgIpc) is 4.00. The lowest BCUT2D eigenvalue weighted by atomic mass is 9.84. The van der Waals surface area contributed by atoms with E-state index in [0.717, 1.165) is 126 Å². The number of carbonyl (C=O) groups excluding carboxylic acids is 2. The fourth-order valence-electron chi connectivity index (χ4n) is 9.92. The van der Waals surface area contributed by atoms with E-state index < -0.39 is 11.2 Å². The summed E-state index contributed by atoms with van der Waals surface area (Å²) in [7, 11) is 0. The number of rotatable bonds is 13. The number of hydrogen-bond acceptors (Lipinski definition) is 16. The Morgan fingerprint density at radius 1 is 0.632 bits per heavy atom. The molecule has 2 atom stereocenters. The third-order valence-corrected chi connectivity index (χ3v) is 16.2. The molecule has 358 valence electrons. The van der Waals surface area contributed by atoms with E-state index in [0.29, 0.717) is 42.3 Å². The highest BCUT2D eigenvalue weighted by atomic mass is 32.1. The summed E-state index contributed by atoms with van der Waals surface area (Å²) in [4.78, 5) is 47.7. The van der Waals surface area contributed by atoms with Gasteiger partial charge in [0.2, 0.25) is 11.9 Å². The molecule has 0 bridgehead atoms. The molecule has 4 aromatic heterocycles. The van der Waals surface area contributed by atoms with Gasteiger partial charge in [0.1, 0.15) is 11.6 Å². The van der Waals surface area contributed by atoms with Crippen molar-refractivity contribution in [2.75, 3.05) is 40.9 Å². The van der Waals surface area contributed by atoms with Crippen molar-refractivity contribution >= 4 is 89.8 Å². The first-order valence-corrected chi connectivity index (χ1v) is 25.9. The van der Waals surface area contributed by atoms with E-state index in [1.807, 2.05) is 73.8 Å². The molecule has 0 spiro atoms. The number of hydrogen-bond donors (Lipinski definition) is 10. The number of carbonyl (C=O) groups is 2. The first-order chi connectivity index (χ1) is 32.9. The summed E-state index contributed by atoms with van der Waals surface area (Å²) in [5.41, 5.74) is 3.04. The quantitative estimate of drug-likeness (QED) is 0.0529. The molecule has 68 heavy (non-hydrogen) atoms. The molecule has 6 heterocycles. The molecule has 2 aliphatic carbocycles. The Balaban J connectivity index is 0.806. The number of benzene rings is 2. The molecule has 2 aliphatic heterocycles. The van der Waals surface area contributed by atoms with Crippen LogP contribution in [0.25, 0.3) is 20.4 Å². The van der Waals surface area contributed by atoms with E-state index in [9.17, 15) is 19.8 Å². The average molecular weight is 959 g/mol. The van der Waals surface area contributed by atoms with Crippen molar-refractivity contribution < 1.29 is 19.8 Å². The van der Waals surface area contributed by atoms with Gasteiger partial charge < -0.3 is 52.7 Å². The van der Waals surface area contributed by atoms with Crippen molar-refractivity contribution in [2.24, 2.45) is 0 Å². The van der Waals surface area contributed by atoms with Crippen LogP contribution in [0.3, 0.4) is 0 Å². The lowest BCUT2D eigenvalue weighted by molar-refractivity contribution is 0.0192. The Morgan fingerprint density at radius 2 is 1.24 bits per heavy atom. The van der Waals surface area contributed by atoms with Crippen molar-refractivity contribution in [3.63, 3.8) is 0 Å². The minimum absolute atomic E-state index is 0.00283. The molecule has 4 fully saturated rings. The molecule has 2 saturated carbocycles. The number of thiophene rings is 2. The van der Waals surface area contributed by atoms with Crippen molar-refractivity contribution in [1.29, 1.82) is 0 Å². The molecule has 4 aliphatic rings. The number of anilines is 6. The summed E-state index contributed by atoms with van der Waals surface area (Å²) in [5, 5.41) is 50.7. The highest BCUT2D eigenvalue weighted by Gasteiger charge is 2.32. The van der Waals surface area contributed by atoms with E-state index in [1.165, 1.54) is 0 Å². The minimum atomic E-state index is -0.661. The highest BCUT2D eigenvalue weighted by molar-refractivity contribution is 7.19. The first-order valence-electron chi connectivity index (χ1n) is 24.2. The third-order valence-electron chi connectivity index (χ3n) is 14.0. The molecular weight excluding hydrogens is 897 g/mol. The van der Waals surface area contributed by atoms with E-state index in [-0.39, 0.29) is 42.0 Å². The van der Waals surface area contributed by atoms with Gasteiger partial charge in [-0.3, -0.25) is 9.59 Å². The van der Waals surface area contributed by atoms with Crippen molar-refractivity contribution in [3.05, 3.63) is 82.0 Å². The summed E-state index contributed by atoms with van der Waals surface area (Å²) in [6, 6.07) is 19.5. The monoisotopic (exact) mass is 958 g/mol. The van der Waals surface area contributed by atoms with E-state index in [2.05, 4.69) is 48.6 Å². The van der Waals surface area contributed by atoms with Crippen LogP contribution in [-0.2, 0) is 0 Å². The Labute approximate surface area is 404 Å². The van der Waals surface area contributed by atoms with Crippen LogP contribution >= 0.6 is 22.7 Å². The second kappa shape index (κ2) is 19.8. The van der Waals surface area contributed by atoms with Gasteiger partial charge in [-0.25, -0.2) is 9.97 Å². The number of nitrogens with zero attached hydrogens (tertiary/aromatic N) is 4. The number of amides is 2. The molecule has 2 saturated heterocycles. The fraction of sp³-hybridized carbons (Fsp3) is 0.480. The van der Waals surface area contributed by atoms with Crippen molar-refractivity contribution in [1.82, 2.24) is 41.2 Å². The van der Waals surface area contributed by atoms with E-state index >= 15 is 0 Å². The molecule has 0 radical (unpaired) electrons. The van der Waals surface area contributed by atoms with Crippen molar-refractivity contribution in [2.45, 2.75) is 132 Å². The van der Waals surface area contributed by atoms with E-state index in [1.54, 1.807) is 22.7 Å². The third kappa shape index (κ3) is 11.2. The largest absolute Gasteiger partial charge is 0.390 e.